The van der Waals surface area contributed by atoms with Crippen molar-refractivity contribution in [3.8, 4) is 11.5 Å². The molecule has 5 nitrogen and oxygen atoms in total. The van der Waals surface area contributed by atoms with E-state index in [4.69, 9.17) is 13.0 Å². The van der Waals surface area contributed by atoms with Crippen molar-refractivity contribution in [2.75, 3.05) is 0 Å². The number of ether oxygens (including phenoxy) is 1. The number of phenols is 2. The zero-order chi connectivity index (χ0) is 22.0. The highest BCUT2D eigenvalue weighted by molar-refractivity contribution is 5.94. The van der Waals surface area contributed by atoms with E-state index in [1.807, 2.05) is 0 Å². The van der Waals surface area contributed by atoms with E-state index < -0.39 is 43.0 Å². The number of aromatic hydroxyl groups is 2. The number of rotatable bonds is 0. The third kappa shape index (κ3) is 4.98. The van der Waals surface area contributed by atoms with Gasteiger partial charge in [0.1, 0.15) is 22.8 Å². The Labute approximate surface area is 144 Å². The van der Waals surface area contributed by atoms with E-state index in [1.54, 1.807) is 0 Å². The summed E-state index contributed by atoms with van der Waals surface area (Å²) in [4.78, 5) is 24.8. The van der Waals surface area contributed by atoms with E-state index in [0.29, 0.717) is 19.3 Å². The van der Waals surface area contributed by atoms with Gasteiger partial charge in [-0.25, -0.2) is 4.79 Å². The minimum absolute atomic E-state index is 0.185. The highest BCUT2D eigenvalue weighted by Gasteiger charge is 2.21. The Morgan fingerprint density at radius 3 is 2.70 bits per heavy atom. The quantitative estimate of drug-likeness (QED) is 0.713. The van der Waals surface area contributed by atoms with E-state index in [0.717, 1.165) is 6.07 Å². The van der Waals surface area contributed by atoms with Gasteiger partial charge in [-0.15, -0.1) is 0 Å². The molecule has 1 heterocycles. The van der Waals surface area contributed by atoms with Crippen molar-refractivity contribution in [2.24, 2.45) is 0 Å². The van der Waals surface area contributed by atoms with E-state index in [9.17, 15) is 19.8 Å². The number of fused-ring (bicyclic) bond motifs is 1. The molecular weight excluding hydrogens is 296 g/mol. The van der Waals surface area contributed by atoms with Gasteiger partial charge in [0.25, 0.3) is 0 Å². The number of Topliss-reactive ketones (excluding diaryl/α,β-unsaturated/α-hetero) is 1. The van der Waals surface area contributed by atoms with Crippen molar-refractivity contribution in [3.63, 3.8) is 0 Å². The number of carbonyl (C=O) groups is 2. The molecule has 2 N–H and O–H groups in total. The third-order valence-electron chi connectivity index (χ3n) is 3.67. The minimum Gasteiger partial charge on any atom is -0.508 e. The monoisotopic (exact) mass is 326 g/mol. The van der Waals surface area contributed by atoms with Crippen molar-refractivity contribution in [3.05, 3.63) is 23.3 Å². The number of ketones is 1. The average Bonchev–Trinajstić information content (AvgIpc) is 2.57. The van der Waals surface area contributed by atoms with E-state index in [2.05, 4.69) is 0 Å². The molecule has 0 amide bonds. The second-order valence-corrected chi connectivity index (χ2v) is 5.49. The number of benzene rings is 1. The number of esters is 1. The molecule has 0 fully saturated rings. The normalized spacial score (nSPS) is 31.0. The Hall–Kier alpha value is -2.04. The van der Waals surface area contributed by atoms with Crippen molar-refractivity contribution in [1.82, 2.24) is 0 Å². The van der Waals surface area contributed by atoms with E-state index >= 15 is 0 Å². The Morgan fingerprint density at radius 1 is 1.17 bits per heavy atom. The molecule has 1 atom stereocenters. The molecule has 0 bridgehead atoms. The second kappa shape index (κ2) is 7.99. The summed E-state index contributed by atoms with van der Waals surface area (Å²) in [6, 6.07) is 2.11. The van der Waals surface area contributed by atoms with Gasteiger partial charge in [-0.1, -0.05) is 6.42 Å². The summed E-state index contributed by atoms with van der Waals surface area (Å²) in [5, 5.41) is 19.9. The number of cyclic esters (lactones) is 1. The molecule has 0 aliphatic carbocycles. The van der Waals surface area contributed by atoms with Crippen LogP contribution in [0.25, 0.3) is 0 Å². The van der Waals surface area contributed by atoms with Crippen molar-refractivity contribution in [1.29, 1.82) is 0 Å². The molecule has 126 valence electrons. The molecule has 0 spiro atoms. The SMILES string of the molecule is [2H]C([2H])([2H])C1([2H])OC(=O)c2c(O)cc(O)cc2CCCCCC(=O)CCC1([2H])[2H]. The minimum atomic E-state index is -3.36. The fourth-order valence-corrected chi connectivity index (χ4v) is 2.54. The van der Waals surface area contributed by atoms with Crippen LogP contribution in [0.3, 0.4) is 0 Å². The summed E-state index contributed by atoms with van der Waals surface area (Å²) in [7, 11) is 0. The third-order valence-corrected chi connectivity index (χ3v) is 3.67. The highest BCUT2D eigenvalue weighted by atomic mass is 16.5. The maximum absolute atomic E-state index is 12.8. The zero-order valence-corrected chi connectivity index (χ0v) is 12.7. The largest absolute Gasteiger partial charge is 0.508 e. The molecule has 1 aromatic rings. The number of phenolic OH excluding ortho intramolecular Hbond substituents is 2. The smallest absolute Gasteiger partial charge is 0.342 e. The summed E-state index contributed by atoms with van der Waals surface area (Å²) in [6.45, 7) is -3.36. The van der Waals surface area contributed by atoms with Crippen LogP contribution in [0, 0.1) is 0 Å². The van der Waals surface area contributed by atoms with Crippen LogP contribution in [0.2, 0.25) is 0 Å². The molecule has 0 saturated heterocycles. The maximum atomic E-state index is 12.8. The van der Waals surface area contributed by atoms with Crippen LogP contribution in [0.1, 0.15) is 75.9 Å². The Kier molecular flexibility index (Phi) is 3.71. The van der Waals surface area contributed by atoms with E-state index in [1.165, 1.54) is 6.07 Å². The van der Waals surface area contributed by atoms with Crippen LogP contribution in [0.4, 0.5) is 0 Å². The molecule has 1 aromatic carbocycles. The standard InChI is InChI=1S/C18H24O5/c1-12-6-5-9-14(19)8-4-2-3-7-13-10-15(20)11-16(21)17(13)18(22)23-12/h10-12,20-21H,2-9H2,1H3/i1D3,6D2,12D. The van der Waals surface area contributed by atoms with Crippen LogP contribution in [0.15, 0.2) is 12.1 Å². The molecule has 1 aliphatic rings. The van der Waals surface area contributed by atoms with Crippen LogP contribution in [-0.4, -0.2) is 28.0 Å². The van der Waals surface area contributed by atoms with Gasteiger partial charge in [0, 0.05) is 25.8 Å². The number of carbonyl (C=O) groups excluding carboxylic acids is 2. The Balaban J connectivity index is 2.56. The first-order valence-corrected chi connectivity index (χ1v) is 7.58. The van der Waals surface area contributed by atoms with Crippen LogP contribution < -0.4 is 0 Å². The first kappa shape index (κ1) is 10.7. The molecule has 0 radical (unpaired) electrons. The molecule has 2 rings (SSSR count). The predicted molar refractivity (Wildman–Crippen MR) is 85.7 cm³/mol. The first-order chi connectivity index (χ1) is 13.3. The lowest BCUT2D eigenvalue weighted by Gasteiger charge is -2.17. The lowest BCUT2D eigenvalue weighted by Crippen LogP contribution is -2.17. The molecule has 23 heavy (non-hydrogen) atoms. The van der Waals surface area contributed by atoms with Crippen molar-refractivity contribution in [2.45, 2.75) is 64.3 Å². The molecule has 5 heteroatoms. The second-order valence-electron chi connectivity index (χ2n) is 5.49. The number of hydrogen-bond donors (Lipinski definition) is 2. The number of hydrogen-bond acceptors (Lipinski definition) is 5. The van der Waals surface area contributed by atoms with Crippen molar-refractivity contribution >= 4 is 11.8 Å². The van der Waals surface area contributed by atoms with Crippen LogP contribution in [0.5, 0.6) is 11.5 Å². The molecular formula is C18H24O5. The topological polar surface area (TPSA) is 83.8 Å². The average molecular weight is 326 g/mol. The van der Waals surface area contributed by atoms with Crippen LogP contribution in [-0.2, 0) is 16.0 Å². The molecule has 0 saturated carbocycles. The molecule has 1 aliphatic heterocycles. The fourth-order valence-electron chi connectivity index (χ4n) is 2.54. The summed E-state index contributed by atoms with van der Waals surface area (Å²) in [6.07, 6.45) is -4.95. The first-order valence-electron chi connectivity index (χ1n) is 10.6. The fraction of sp³-hybridized carbons (Fsp3) is 0.556. The Bertz CT molecular complexity index is 792. The van der Waals surface area contributed by atoms with Crippen molar-refractivity contribution < 1.29 is 32.8 Å². The lowest BCUT2D eigenvalue weighted by atomic mass is 9.98. The van der Waals surface area contributed by atoms with Gasteiger partial charge in [-0.05, 0) is 50.5 Å². The van der Waals surface area contributed by atoms with Crippen LogP contribution >= 0.6 is 0 Å². The van der Waals surface area contributed by atoms with Gasteiger partial charge in [-0.2, -0.15) is 0 Å². The predicted octanol–water partition coefficient (Wildman–Crippen LogP) is 3.50. The van der Waals surface area contributed by atoms with Gasteiger partial charge in [-0.3, -0.25) is 4.79 Å². The Morgan fingerprint density at radius 2 is 1.91 bits per heavy atom. The summed E-state index contributed by atoms with van der Waals surface area (Å²) < 4.78 is 52.1. The summed E-state index contributed by atoms with van der Waals surface area (Å²) in [5.41, 5.74) is -0.225. The summed E-state index contributed by atoms with van der Waals surface area (Å²) in [5.74, 6) is -2.61. The zero-order valence-electron chi connectivity index (χ0n) is 18.7. The summed E-state index contributed by atoms with van der Waals surface area (Å²) >= 11 is 0. The van der Waals surface area contributed by atoms with Gasteiger partial charge in [0.2, 0.25) is 0 Å². The van der Waals surface area contributed by atoms with Gasteiger partial charge < -0.3 is 14.9 Å². The van der Waals surface area contributed by atoms with Gasteiger partial charge >= 0.3 is 5.97 Å². The van der Waals surface area contributed by atoms with Gasteiger partial charge in [0.15, 0.2) is 0 Å². The maximum Gasteiger partial charge on any atom is 0.342 e. The number of aryl methyl sites for hydroxylation is 1. The lowest BCUT2D eigenvalue weighted by molar-refractivity contribution is -0.119. The molecule has 0 aromatic heterocycles. The highest BCUT2D eigenvalue weighted by Crippen LogP contribution is 2.30. The van der Waals surface area contributed by atoms with E-state index in [-0.39, 0.29) is 36.4 Å². The van der Waals surface area contributed by atoms with Gasteiger partial charge in [0.05, 0.1) is 7.45 Å². The molecule has 1 unspecified atom stereocenters.